The molecule has 0 aromatic rings. The summed E-state index contributed by atoms with van der Waals surface area (Å²) in [6, 6.07) is 0. The molecule has 0 bridgehead atoms. The van der Waals surface area contributed by atoms with Gasteiger partial charge in [0.25, 0.3) is 0 Å². The van der Waals surface area contributed by atoms with Gasteiger partial charge in [-0.2, -0.15) is 0 Å². The van der Waals surface area contributed by atoms with Gasteiger partial charge in [-0.15, -0.1) is 0 Å². The summed E-state index contributed by atoms with van der Waals surface area (Å²) in [6.45, 7) is 8.79. The molecule has 94 valence electrons. The van der Waals surface area contributed by atoms with Gasteiger partial charge in [-0.05, 0) is 30.6 Å². The van der Waals surface area contributed by atoms with E-state index in [0.717, 1.165) is 13.1 Å². The van der Waals surface area contributed by atoms with Crippen molar-refractivity contribution in [3.63, 3.8) is 0 Å². The molecule has 2 fully saturated rings. The minimum absolute atomic E-state index is 0.246. The highest BCUT2D eigenvalue weighted by Crippen LogP contribution is 2.40. The van der Waals surface area contributed by atoms with Crippen molar-refractivity contribution in [2.24, 2.45) is 11.3 Å². The Kier molecular flexibility index (Phi) is 4.14. The highest BCUT2D eigenvalue weighted by molar-refractivity contribution is 14.1. The highest BCUT2D eigenvalue weighted by Gasteiger charge is 2.42. The second-order valence-corrected chi connectivity index (χ2v) is 7.19. The van der Waals surface area contributed by atoms with Gasteiger partial charge in [0, 0.05) is 49.0 Å². The number of aliphatic hydroxyl groups is 1. The maximum atomic E-state index is 10.1. The van der Waals surface area contributed by atoms with Crippen LogP contribution in [0.15, 0.2) is 0 Å². The number of piperidine rings is 1. The van der Waals surface area contributed by atoms with Crippen LogP contribution in [0.25, 0.3) is 0 Å². The molecule has 2 aliphatic heterocycles. The molecule has 0 amide bonds. The van der Waals surface area contributed by atoms with Crippen LogP contribution in [0.4, 0.5) is 0 Å². The van der Waals surface area contributed by atoms with E-state index in [1.807, 2.05) is 0 Å². The number of hydrogen-bond donors (Lipinski definition) is 1. The minimum atomic E-state index is -0.246. The molecule has 3 nitrogen and oxygen atoms in total. The van der Waals surface area contributed by atoms with Gasteiger partial charge >= 0.3 is 0 Å². The van der Waals surface area contributed by atoms with Crippen LogP contribution in [0.2, 0.25) is 0 Å². The summed E-state index contributed by atoms with van der Waals surface area (Å²) in [5.41, 5.74) is 0.468. The van der Waals surface area contributed by atoms with Crippen LogP contribution in [-0.4, -0.2) is 45.5 Å². The molecule has 4 heteroatoms. The zero-order chi connectivity index (χ0) is 11.8. The molecular formula is C12H23IN2O. The Hall–Kier alpha value is 0.610. The third kappa shape index (κ3) is 2.71. The zero-order valence-electron chi connectivity index (χ0n) is 10.3. The van der Waals surface area contributed by atoms with Crippen molar-refractivity contribution in [1.29, 1.82) is 0 Å². The first-order valence-corrected chi connectivity index (χ1v) is 7.32. The molecule has 0 radical (unpaired) electrons. The molecule has 16 heavy (non-hydrogen) atoms. The van der Waals surface area contributed by atoms with E-state index in [9.17, 15) is 5.11 Å². The second kappa shape index (κ2) is 5.08. The number of hydrogen-bond acceptors (Lipinski definition) is 3. The van der Waals surface area contributed by atoms with Gasteiger partial charge < -0.3 is 5.11 Å². The molecule has 2 saturated heterocycles. The Bertz CT molecular complexity index is 249. The largest absolute Gasteiger partial charge is 0.378 e. The number of nitrogens with zero attached hydrogens (tertiary/aromatic N) is 2. The fourth-order valence-electron chi connectivity index (χ4n) is 3.10. The first kappa shape index (κ1) is 13.1. The van der Waals surface area contributed by atoms with Gasteiger partial charge in [0.05, 0.1) is 0 Å². The Morgan fingerprint density at radius 1 is 1.19 bits per heavy atom. The summed E-state index contributed by atoms with van der Waals surface area (Å²) < 4.78 is 2.42. The smallest absolute Gasteiger partial charge is 0.109 e. The van der Waals surface area contributed by atoms with E-state index in [4.69, 9.17) is 0 Å². The molecule has 2 heterocycles. The Morgan fingerprint density at radius 3 is 2.56 bits per heavy atom. The SMILES string of the molecule is CC(C)C(O)N1CCC2(CCCN(I)C2)C1. The standard InChI is InChI=1S/C12H23IN2O/c1-10(2)11(16)14-7-5-12(8-14)4-3-6-15(13)9-12/h10-11,16H,3-9H2,1-2H3. The van der Waals surface area contributed by atoms with Crippen LogP contribution in [0.5, 0.6) is 0 Å². The number of halogens is 1. The van der Waals surface area contributed by atoms with Crippen molar-refractivity contribution < 1.29 is 5.11 Å². The van der Waals surface area contributed by atoms with Gasteiger partial charge in [-0.25, -0.2) is 3.11 Å². The average molecular weight is 338 g/mol. The number of aliphatic hydroxyl groups excluding tert-OH is 1. The third-order valence-electron chi connectivity index (χ3n) is 4.05. The average Bonchev–Trinajstić information content (AvgIpc) is 2.60. The summed E-state index contributed by atoms with van der Waals surface area (Å²) in [5, 5.41) is 10.1. The minimum Gasteiger partial charge on any atom is -0.378 e. The molecule has 2 aliphatic rings. The Balaban J connectivity index is 1.96. The van der Waals surface area contributed by atoms with Crippen LogP contribution >= 0.6 is 22.9 Å². The van der Waals surface area contributed by atoms with Crippen molar-refractivity contribution in [3.8, 4) is 0 Å². The molecule has 2 unspecified atom stereocenters. The van der Waals surface area contributed by atoms with Crippen LogP contribution in [0.3, 0.4) is 0 Å². The van der Waals surface area contributed by atoms with E-state index in [1.165, 1.54) is 32.4 Å². The van der Waals surface area contributed by atoms with Gasteiger partial charge in [-0.1, -0.05) is 13.8 Å². The van der Waals surface area contributed by atoms with Crippen LogP contribution in [0, 0.1) is 11.3 Å². The lowest BCUT2D eigenvalue weighted by Crippen LogP contribution is -2.43. The van der Waals surface area contributed by atoms with Crippen molar-refractivity contribution in [3.05, 3.63) is 0 Å². The molecule has 0 aromatic carbocycles. The van der Waals surface area contributed by atoms with Crippen LogP contribution in [-0.2, 0) is 0 Å². The zero-order valence-corrected chi connectivity index (χ0v) is 12.5. The van der Waals surface area contributed by atoms with Crippen molar-refractivity contribution >= 4 is 22.9 Å². The van der Waals surface area contributed by atoms with E-state index in [2.05, 4.69) is 44.7 Å². The predicted octanol–water partition coefficient (Wildman–Crippen LogP) is 2.10. The van der Waals surface area contributed by atoms with E-state index in [1.54, 1.807) is 0 Å². The third-order valence-corrected chi connectivity index (χ3v) is 4.88. The summed E-state index contributed by atoms with van der Waals surface area (Å²) in [4.78, 5) is 2.28. The predicted molar refractivity (Wildman–Crippen MR) is 74.3 cm³/mol. The van der Waals surface area contributed by atoms with Crippen LogP contribution < -0.4 is 0 Å². The first-order valence-electron chi connectivity index (χ1n) is 6.35. The normalized spacial score (nSPS) is 35.1. The van der Waals surface area contributed by atoms with Gasteiger partial charge in [0.1, 0.15) is 6.23 Å². The molecule has 1 spiro atoms. The van der Waals surface area contributed by atoms with E-state index in [-0.39, 0.29) is 6.23 Å². The van der Waals surface area contributed by atoms with E-state index in [0.29, 0.717) is 11.3 Å². The van der Waals surface area contributed by atoms with Crippen LogP contribution in [0.1, 0.15) is 33.1 Å². The van der Waals surface area contributed by atoms with Gasteiger partial charge in [0.15, 0.2) is 0 Å². The molecule has 0 saturated carbocycles. The molecular weight excluding hydrogens is 315 g/mol. The summed E-state index contributed by atoms with van der Waals surface area (Å²) >= 11 is 2.45. The lowest BCUT2D eigenvalue weighted by Gasteiger charge is -2.38. The van der Waals surface area contributed by atoms with E-state index < -0.39 is 0 Å². The summed E-state index contributed by atoms with van der Waals surface area (Å²) in [6.07, 6.45) is 3.67. The van der Waals surface area contributed by atoms with Crippen molar-refractivity contribution in [2.75, 3.05) is 26.2 Å². The second-order valence-electron chi connectivity index (χ2n) is 5.83. The molecule has 2 rings (SSSR count). The lowest BCUT2D eigenvalue weighted by molar-refractivity contribution is -0.0242. The lowest BCUT2D eigenvalue weighted by atomic mass is 9.80. The summed E-state index contributed by atoms with van der Waals surface area (Å²) in [5.74, 6) is 0.342. The molecule has 2 atom stereocenters. The first-order chi connectivity index (χ1) is 7.52. The highest BCUT2D eigenvalue weighted by atomic mass is 127. The number of likely N-dealkylation sites (tertiary alicyclic amines) is 1. The van der Waals surface area contributed by atoms with Crippen molar-refractivity contribution in [1.82, 2.24) is 8.01 Å². The monoisotopic (exact) mass is 338 g/mol. The fourth-order valence-corrected chi connectivity index (χ4v) is 4.16. The molecule has 1 N–H and O–H groups in total. The number of rotatable bonds is 2. The molecule has 0 aliphatic carbocycles. The van der Waals surface area contributed by atoms with Gasteiger partial charge in [-0.3, -0.25) is 4.90 Å². The van der Waals surface area contributed by atoms with Gasteiger partial charge in [0.2, 0.25) is 0 Å². The van der Waals surface area contributed by atoms with Crippen molar-refractivity contribution in [2.45, 2.75) is 39.3 Å². The maximum absolute atomic E-state index is 10.1. The Labute approximate surface area is 113 Å². The van der Waals surface area contributed by atoms with E-state index >= 15 is 0 Å². The fraction of sp³-hybridized carbons (Fsp3) is 1.00. The quantitative estimate of drug-likeness (QED) is 0.617. The maximum Gasteiger partial charge on any atom is 0.109 e. The Morgan fingerprint density at radius 2 is 1.94 bits per heavy atom. The topological polar surface area (TPSA) is 26.7 Å². The summed E-state index contributed by atoms with van der Waals surface area (Å²) in [7, 11) is 0. The molecule has 0 aromatic heterocycles.